The molecule has 0 saturated carbocycles. The smallest absolute Gasteiger partial charge is 0.271 e. The molecule has 0 saturated heterocycles. The molecule has 0 heterocycles. The molecule has 2 rings (SSSR count). The standard InChI is InChI=1S/C17H19BrN2O4/c1-17(2,21)11-24-16-7-6-13(18)8-12(16)10-19-14-4-3-5-15(9-14)20(22)23/h3-9,19,21H,10-11H2,1-2H3. The predicted molar refractivity (Wildman–Crippen MR) is 96.4 cm³/mol. The van der Waals surface area contributed by atoms with Gasteiger partial charge in [-0.1, -0.05) is 22.0 Å². The van der Waals surface area contributed by atoms with Crippen LogP contribution < -0.4 is 10.1 Å². The first-order chi connectivity index (χ1) is 11.2. The maximum absolute atomic E-state index is 10.8. The predicted octanol–water partition coefficient (Wildman–Crippen LogP) is 4.12. The maximum Gasteiger partial charge on any atom is 0.271 e. The fraction of sp³-hybridized carbons (Fsp3) is 0.294. The van der Waals surface area contributed by atoms with Gasteiger partial charge in [-0.2, -0.15) is 0 Å². The number of anilines is 1. The van der Waals surface area contributed by atoms with Crippen LogP contribution in [0.2, 0.25) is 0 Å². The highest BCUT2D eigenvalue weighted by molar-refractivity contribution is 9.10. The Morgan fingerprint density at radius 2 is 2.04 bits per heavy atom. The van der Waals surface area contributed by atoms with Gasteiger partial charge in [0.1, 0.15) is 12.4 Å². The second-order valence-electron chi connectivity index (χ2n) is 6.01. The van der Waals surface area contributed by atoms with Gasteiger partial charge < -0.3 is 15.2 Å². The van der Waals surface area contributed by atoms with E-state index in [1.807, 2.05) is 18.2 Å². The Hall–Kier alpha value is -2.12. The molecule has 0 amide bonds. The molecule has 0 atom stereocenters. The lowest BCUT2D eigenvalue weighted by molar-refractivity contribution is -0.384. The molecule has 2 aromatic carbocycles. The number of hydrogen-bond donors (Lipinski definition) is 2. The summed E-state index contributed by atoms with van der Waals surface area (Å²) in [4.78, 5) is 10.4. The molecule has 0 spiro atoms. The van der Waals surface area contributed by atoms with Crippen LogP contribution in [0.3, 0.4) is 0 Å². The van der Waals surface area contributed by atoms with Gasteiger partial charge in [0.15, 0.2) is 0 Å². The average Bonchev–Trinajstić information content (AvgIpc) is 2.51. The summed E-state index contributed by atoms with van der Waals surface area (Å²) in [6.45, 7) is 3.94. The fourth-order valence-corrected chi connectivity index (χ4v) is 2.42. The number of halogens is 1. The normalized spacial score (nSPS) is 11.2. The molecular weight excluding hydrogens is 376 g/mol. The molecule has 2 N–H and O–H groups in total. The van der Waals surface area contributed by atoms with Crippen LogP contribution in [0, 0.1) is 10.1 Å². The van der Waals surface area contributed by atoms with Crippen LogP contribution in [0.4, 0.5) is 11.4 Å². The van der Waals surface area contributed by atoms with Crippen molar-refractivity contribution in [3.8, 4) is 5.75 Å². The van der Waals surface area contributed by atoms with Gasteiger partial charge in [-0.05, 0) is 38.1 Å². The van der Waals surface area contributed by atoms with E-state index in [0.29, 0.717) is 18.0 Å². The van der Waals surface area contributed by atoms with Crippen LogP contribution in [0.5, 0.6) is 5.75 Å². The van der Waals surface area contributed by atoms with Crippen LogP contribution in [-0.2, 0) is 6.54 Å². The van der Waals surface area contributed by atoms with E-state index in [1.165, 1.54) is 12.1 Å². The van der Waals surface area contributed by atoms with Crippen molar-refractivity contribution >= 4 is 27.3 Å². The number of nitrogens with one attached hydrogen (secondary N) is 1. The van der Waals surface area contributed by atoms with Crippen molar-refractivity contribution in [1.29, 1.82) is 0 Å². The molecule has 6 nitrogen and oxygen atoms in total. The van der Waals surface area contributed by atoms with Gasteiger partial charge >= 0.3 is 0 Å². The molecule has 0 radical (unpaired) electrons. The van der Waals surface area contributed by atoms with E-state index in [-0.39, 0.29) is 12.3 Å². The summed E-state index contributed by atoms with van der Waals surface area (Å²) in [5, 5.41) is 23.8. The first-order valence-corrected chi connectivity index (χ1v) is 8.16. The minimum absolute atomic E-state index is 0.0349. The van der Waals surface area contributed by atoms with Crippen LogP contribution in [0.25, 0.3) is 0 Å². The molecular formula is C17H19BrN2O4. The first kappa shape index (κ1) is 18.2. The number of hydrogen-bond acceptors (Lipinski definition) is 5. The second-order valence-corrected chi connectivity index (χ2v) is 6.93. The Morgan fingerprint density at radius 1 is 1.29 bits per heavy atom. The summed E-state index contributed by atoms with van der Waals surface area (Å²) in [6, 6.07) is 11.9. The van der Waals surface area contributed by atoms with Crippen molar-refractivity contribution in [1.82, 2.24) is 0 Å². The Morgan fingerprint density at radius 3 is 2.71 bits per heavy atom. The van der Waals surface area contributed by atoms with Gasteiger partial charge in [-0.3, -0.25) is 10.1 Å². The molecule has 0 aliphatic carbocycles. The van der Waals surface area contributed by atoms with Crippen molar-refractivity contribution in [3.05, 3.63) is 62.6 Å². The number of aliphatic hydroxyl groups is 1. The van der Waals surface area contributed by atoms with Crippen molar-refractivity contribution in [2.24, 2.45) is 0 Å². The summed E-state index contributed by atoms with van der Waals surface area (Å²) in [5.74, 6) is 0.651. The largest absolute Gasteiger partial charge is 0.490 e. The Bertz CT molecular complexity index is 729. The topological polar surface area (TPSA) is 84.6 Å². The SMILES string of the molecule is CC(C)(O)COc1ccc(Br)cc1CNc1cccc([N+](=O)[O-])c1. The number of nitro benzene ring substituents is 1. The molecule has 0 aliphatic heterocycles. The zero-order valence-corrected chi connectivity index (χ0v) is 15.0. The van der Waals surface area contributed by atoms with Crippen LogP contribution in [0.15, 0.2) is 46.9 Å². The van der Waals surface area contributed by atoms with Gasteiger partial charge in [0.25, 0.3) is 5.69 Å². The molecule has 0 aliphatic rings. The zero-order valence-electron chi connectivity index (χ0n) is 13.5. The van der Waals surface area contributed by atoms with E-state index < -0.39 is 10.5 Å². The van der Waals surface area contributed by atoms with Gasteiger partial charge in [0, 0.05) is 34.4 Å². The van der Waals surface area contributed by atoms with E-state index in [9.17, 15) is 15.2 Å². The molecule has 0 fully saturated rings. The first-order valence-electron chi connectivity index (χ1n) is 7.36. The zero-order chi connectivity index (χ0) is 17.7. The second kappa shape index (κ2) is 7.63. The third kappa shape index (κ3) is 5.50. The molecule has 24 heavy (non-hydrogen) atoms. The molecule has 2 aromatic rings. The van der Waals surface area contributed by atoms with Crippen molar-refractivity contribution in [3.63, 3.8) is 0 Å². The third-order valence-corrected chi connectivity index (χ3v) is 3.64. The van der Waals surface area contributed by atoms with Gasteiger partial charge in [-0.15, -0.1) is 0 Å². The summed E-state index contributed by atoms with van der Waals surface area (Å²) in [6.07, 6.45) is 0. The molecule has 0 aromatic heterocycles. The Kier molecular flexibility index (Phi) is 5.80. The molecule has 0 unspecified atom stereocenters. The maximum atomic E-state index is 10.8. The summed E-state index contributed by atoms with van der Waals surface area (Å²) in [7, 11) is 0. The number of nitrogens with zero attached hydrogens (tertiary/aromatic N) is 1. The minimum atomic E-state index is -0.933. The van der Waals surface area contributed by atoms with E-state index in [4.69, 9.17) is 4.74 Å². The van der Waals surface area contributed by atoms with E-state index in [2.05, 4.69) is 21.2 Å². The fourth-order valence-electron chi connectivity index (χ4n) is 2.01. The van der Waals surface area contributed by atoms with Crippen LogP contribution in [0.1, 0.15) is 19.4 Å². The van der Waals surface area contributed by atoms with Crippen molar-refractivity contribution in [2.75, 3.05) is 11.9 Å². The van der Waals surface area contributed by atoms with E-state index in [0.717, 1.165) is 10.0 Å². The highest BCUT2D eigenvalue weighted by atomic mass is 79.9. The monoisotopic (exact) mass is 394 g/mol. The van der Waals surface area contributed by atoms with Crippen LogP contribution in [-0.4, -0.2) is 22.2 Å². The Labute approximate surface area is 148 Å². The van der Waals surface area contributed by atoms with Gasteiger partial charge in [0.05, 0.1) is 10.5 Å². The van der Waals surface area contributed by atoms with E-state index >= 15 is 0 Å². The van der Waals surface area contributed by atoms with Crippen LogP contribution >= 0.6 is 15.9 Å². The quantitative estimate of drug-likeness (QED) is 0.544. The highest BCUT2D eigenvalue weighted by Gasteiger charge is 2.15. The minimum Gasteiger partial charge on any atom is -0.490 e. The summed E-state index contributed by atoms with van der Waals surface area (Å²) >= 11 is 3.42. The van der Waals surface area contributed by atoms with Crippen molar-refractivity contribution < 1.29 is 14.8 Å². The lowest BCUT2D eigenvalue weighted by atomic mass is 10.1. The van der Waals surface area contributed by atoms with E-state index in [1.54, 1.807) is 26.0 Å². The van der Waals surface area contributed by atoms with Gasteiger partial charge in [-0.25, -0.2) is 0 Å². The molecule has 7 heteroatoms. The highest BCUT2D eigenvalue weighted by Crippen LogP contribution is 2.26. The number of nitro groups is 1. The third-order valence-electron chi connectivity index (χ3n) is 3.14. The number of non-ortho nitro benzene ring substituents is 1. The lowest BCUT2D eigenvalue weighted by Crippen LogP contribution is -2.28. The summed E-state index contributed by atoms with van der Waals surface area (Å²) < 4.78 is 6.59. The molecule has 128 valence electrons. The molecule has 0 bridgehead atoms. The average molecular weight is 395 g/mol. The van der Waals surface area contributed by atoms with Gasteiger partial charge in [0.2, 0.25) is 0 Å². The lowest BCUT2D eigenvalue weighted by Gasteiger charge is -2.20. The Balaban J connectivity index is 2.12. The number of ether oxygens (including phenoxy) is 1. The number of rotatable bonds is 7. The number of benzene rings is 2. The summed E-state index contributed by atoms with van der Waals surface area (Å²) in [5.41, 5.74) is 0.628. The van der Waals surface area contributed by atoms with Crippen molar-refractivity contribution in [2.45, 2.75) is 26.0 Å².